The van der Waals surface area contributed by atoms with E-state index >= 15 is 0 Å². The van der Waals surface area contributed by atoms with Crippen LogP contribution in [0.1, 0.15) is 52.4 Å². The van der Waals surface area contributed by atoms with Gasteiger partial charge in [0.1, 0.15) is 0 Å². The van der Waals surface area contributed by atoms with E-state index in [9.17, 15) is 4.79 Å². The summed E-state index contributed by atoms with van der Waals surface area (Å²) in [7, 11) is 0. The average molecular weight is 267 g/mol. The quantitative estimate of drug-likeness (QED) is 0.767. The van der Waals surface area contributed by atoms with Crippen LogP contribution in [0.3, 0.4) is 0 Å². The van der Waals surface area contributed by atoms with Gasteiger partial charge in [0.05, 0.1) is 5.54 Å². The van der Waals surface area contributed by atoms with Gasteiger partial charge in [0.25, 0.3) is 0 Å². The molecule has 0 aromatic carbocycles. The van der Waals surface area contributed by atoms with Crippen LogP contribution < -0.4 is 10.6 Å². The number of likely N-dealkylation sites (N-methyl/N-ethyl adjacent to an activating group) is 1. The molecular formula is C15H29N3O. The normalized spacial score (nSPS) is 31.8. The molecule has 0 aliphatic carbocycles. The summed E-state index contributed by atoms with van der Waals surface area (Å²) in [6, 6.07) is 0.550. The molecule has 2 N–H and O–H groups in total. The highest BCUT2D eigenvalue weighted by Crippen LogP contribution is 2.25. The fourth-order valence-electron chi connectivity index (χ4n) is 3.68. The minimum Gasteiger partial charge on any atom is -0.353 e. The van der Waals surface area contributed by atoms with Gasteiger partial charge < -0.3 is 10.6 Å². The van der Waals surface area contributed by atoms with Crippen LogP contribution in [-0.4, -0.2) is 48.6 Å². The van der Waals surface area contributed by atoms with Crippen molar-refractivity contribution in [3.63, 3.8) is 0 Å². The zero-order valence-electron chi connectivity index (χ0n) is 12.5. The summed E-state index contributed by atoms with van der Waals surface area (Å²) in [5, 5.41) is 6.66. The van der Waals surface area contributed by atoms with Gasteiger partial charge in [0, 0.05) is 12.6 Å². The molecule has 2 saturated heterocycles. The molecule has 2 aliphatic rings. The molecule has 0 radical (unpaired) electrons. The lowest BCUT2D eigenvalue weighted by atomic mass is 9.91. The van der Waals surface area contributed by atoms with Crippen LogP contribution in [0.25, 0.3) is 0 Å². The van der Waals surface area contributed by atoms with Gasteiger partial charge in [-0.05, 0) is 51.7 Å². The van der Waals surface area contributed by atoms with Crippen molar-refractivity contribution in [2.24, 2.45) is 0 Å². The zero-order valence-corrected chi connectivity index (χ0v) is 12.5. The topological polar surface area (TPSA) is 44.4 Å². The van der Waals surface area contributed by atoms with Crippen molar-refractivity contribution in [2.45, 2.75) is 64.0 Å². The highest BCUT2D eigenvalue weighted by atomic mass is 16.2. The Labute approximate surface area is 117 Å². The van der Waals surface area contributed by atoms with Crippen molar-refractivity contribution in [3.8, 4) is 0 Å². The van der Waals surface area contributed by atoms with Gasteiger partial charge in [-0.25, -0.2) is 0 Å². The molecule has 1 amide bonds. The molecular weight excluding hydrogens is 238 g/mol. The summed E-state index contributed by atoms with van der Waals surface area (Å²) in [5.74, 6) is 0.231. The molecule has 0 saturated carbocycles. The molecule has 4 heteroatoms. The average Bonchev–Trinajstić information content (AvgIpc) is 3.05. The van der Waals surface area contributed by atoms with Crippen LogP contribution >= 0.6 is 0 Å². The molecule has 2 aliphatic heterocycles. The highest BCUT2D eigenvalue weighted by Gasteiger charge is 2.40. The number of carbonyl (C=O) groups is 1. The number of rotatable bonds is 6. The van der Waals surface area contributed by atoms with Crippen molar-refractivity contribution < 1.29 is 4.79 Å². The van der Waals surface area contributed by atoms with Gasteiger partial charge in [0.15, 0.2) is 0 Å². The number of nitrogens with one attached hydrogen (secondary N) is 2. The number of carbonyl (C=O) groups excluding carboxylic acids is 1. The van der Waals surface area contributed by atoms with E-state index in [-0.39, 0.29) is 11.4 Å². The lowest BCUT2D eigenvalue weighted by molar-refractivity contribution is -0.127. The predicted octanol–water partition coefficient (Wildman–Crippen LogP) is 1.51. The number of likely N-dealkylation sites (tertiary alicyclic amines) is 1. The Kier molecular flexibility index (Phi) is 5.22. The summed E-state index contributed by atoms with van der Waals surface area (Å²) in [5.41, 5.74) is -0.273. The molecule has 4 nitrogen and oxygen atoms in total. The van der Waals surface area contributed by atoms with Crippen molar-refractivity contribution >= 4 is 5.91 Å². The van der Waals surface area contributed by atoms with Crippen LogP contribution in [0.15, 0.2) is 0 Å². The van der Waals surface area contributed by atoms with E-state index in [1.54, 1.807) is 0 Å². The van der Waals surface area contributed by atoms with Crippen molar-refractivity contribution in [1.29, 1.82) is 0 Å². The molecule has 2 fully saturated rings. The van der Waals surface area contributed by atoms with E-state index in [2.05, 4.69) is 29.4 Å². The molecule has 0 spiro atoms. The summed E-state index contributed by atoms with van der Waals surface area (Å²) in [6.45, 7) is 8.45. The van der Waals surface area contributed by atoms with E-state index in [4.69, 9.17) is 0 Å². The molecule has 110 valence electrons. The van der Waals surface area contributed by atoms with Crippen LogP contribution in [0.5, 0.6) is 0 Å². The number of nitrogens with zero attached hydrogens (tertiary/aromatic N) is 1. The van der Waals surface area contributed by atoms with Gasteiger partial charge in [-0.1, -0.05) is 20.3 Å². The minimum atomic E-state index is -0.273. The lowest BCUT2D eigenvalue weighted by Gasteiger charge is -2.30. The van der Waals surface area contributed by atoms with Crippen molar-refractivity contribution in [2.75, 3.05) is 26.2 Å². The third-order valence-corrected chi connectivity index (χ3v) is 4.76. The van der Waals surface area contributed by atoms with Gasteiger partial charge in [-0.2, -0.15) is 0 Å². The number of hydrogen-bond acceptors (Lipinski definition) is 3. The van der Waals surface area contributed by atoms with E-state index in [1.807, 2.05) is 0 Å². The molecule has 0 bridgehead atoms. The van der Waals surface area contributed by atoms with Crippen LogP contribution in [-0.2, 0) is 4.79 Å². The van der Waals surface area contributed by atoms with Crippen LogP contribution in [0.4, 0.5) is 0 Å². The fourth-order valence-corrected chi connectivity index (χ4v) is 3.68. The van der Waals surface area contributed by atoms with Crippen LogP contribution in [0, 0.1) is 0 Å². The van der Waals surface area contributed by atoms with E-state index in [0.29, 0.717) is 6.04 Å². The Bertz CT molecular complexity index is 300. The second-order valence-corrected chi connectivity index (χ2v) is 6.00. The Morgan fingerprint density at radius 3 is 2.89 bits per heavy atom. The maximum Gasteiger partial charge on any atom is 0.240 e. The number of hydrogen-bond donors (Lipinski definition) is 2. The van der Waals surface area contributed by atoms with E-state index in [1.165, 1.54) is 19.4 Å². The molecule has 2 rings (SSSR count). The Balaban J connectivity index is 1.85. The molecule has 2 heterocycles. The van der Waals surface area contributed by atoms with E-state index in [0.717, 1.165) is 45.3 Å². The van der Waals surface area contributed by atoms with Gasteiger partial charge in [0.2, 0.25) is 5.91 Å². The van der Waals surface area contributed by atoms with E-state index < -0.39 is 0 Å². The smallest absolute Gasteiger partial charge is 0.240 e. The van der Waals surface area contributed by atoms with Gasteiger partial charge >= 0.3 is 0 Å². The first-order chi connectivity index (χ1) is 9.22. The third-order valence-electron chi connectivity index (χ3n) is 4.76. The largest absolute Gasteiger partial charge is 0.353 e. The standard InChI is InChI=1S/C15H29N3O/c1-3-8-15(9-6-10-17-15)14(19)16-12-13-7-5-11-18(13)4-2/h13,17H,3-12H2,1-2H3,(H,16,19). The predicted molar refractivity (Wildman–Crippen MR) is 78.2 cm³/mol. The maximum atomic E-state index is 12.5. The molecule has 2 unspecified atom stereocenters. The summed E-state index contributed by atoms with van der Waals surface area (Å²) >= 11 is 0. The first-order valence-electron chi connectivity index (χ1n) is 7.99. The summed E-state index contributed by atoms with van der Waals surface area (Å²) in [6.07, 6.45) is 6.63. The lowest BCUT2D eigenvalue weighted by Crippen LogP contribution is -2.55. The SMILES string of the molecule is CCCC1(C(=O)NCC2CCCN2CC)CCCN1. The van der Waals surface area contributed by atoms with Crippen LogP contribution in [0.2, 0.25) is 0 Å². The second-order valence-electron chi connectivity index (χ2n) is 6.00. The maximum absolute atomic E-state index is 12.5. The van der Waals surface area contributed by atoms with Gasteiger partial charge in [-0.15, -0.1) is 0 Å². The monoisotopic (exact) mass is 267 g/mol. The highest BCUT2D eigenvalue weighted by molar-refractivity contribution is 5.86. The zero-order chi connectivity index (χ0) is 13.7. The summed E-state index contributed by atoms with van der Waals surface area (Å²) in [4.78, 5) is 15.0. The molecule has 2 atom stereocenters. The Morgan fingerprint density at radius 1 is 1.42 bits per heavy atom. The molecule has 0 aromatic rings. The Hall–Kier alpha value is -0.610. The molecule has 19 heavy (non-hydrogen) atoms. The molecule has 0 aromatic heterocycles. The summed E-state index contributed by atoms with van der Waals surface area (Å²) < 4.78 is 0. The first-order valence-corrected chi connectivity index (χ1v) is 7.99. The van der Waals surface area contributed by atoms with Crippen molar-refractivity contribution in [3.05, 3.63) is 0 Å². The third kappa shape index (κ3) is 3.29. The van der Waals surface area contributed by atoms with Gasteiger partial charge in [-0.3, -0.25) is 9.69 Å². The minimum absolute atomic E-state index is 0.231. The Morgan fingerprint density at radius 2 is 2.26 bits per heavy atom. The number of amides is 1. The second kappa shape index (κ2) is 6.71. The first kappa shape index (κ1) is 14.8. The fraction of sp³-hybridized carbons (Fsp3) is 0.933. The van der Waals surface area contributed by atoms with Crippen molar-refractivity contribution in [1.82, 2.24) is 15.5 Å².